The maximum atomic E-state index is 13.3. The summed E-state index contributed by atoms with van der Waals surface area (Å²) in [4.78, 5) is 15.9. The number of hydrogen-bond donors (Lipinski definition) is 0. The monoisotopic (exact) mass is 397 g/mol. The molecule has 116 valence electrons. The van der Waals surface area contributed by atoms with Crippen LogP contribution in [0.15, 0.2) is 51.6 Å². The molecule has 0 saturated heterocycles. The highest BCUT2D eigenvalue weighted by Gasteiger charge is 2.26. The average Bonchev–Trinajstić information content (AvgIpc) is 2.84. The van der Waals surface area contributed by atoms with Crippen molar-refractivity contribution in [3.8, 4) is 0 Å². The molecule has 1 heterocycles. The summed E-state index contributed by atoms with van der Waals surface area (Å²) < 4.78 is 32.3. The first-order valence-electron chi connectivity index (χ1n) is 6.37. The second-order valence-corrected chi connectivity index (χ2v) is 5.96. The molecular weight excluding hydrogens is 392 g/mol. The van der Waals surface area contributed by atoms with Crippen molar-refractivity contribution >= 4 is 45.5 Å². The molecule has 0 atom stereocenters. The van der Waals surface area contributed by atoms with Gasteiger partial charge in [-0.2, -0.15) is 0 Å². The lowest BCUT2D eigenvalue weighted by molar-refractivity contribution is -0.129. The predicted octanol–water partition coefficient (Wildman–Crippen LogP) is 4.73. The molecule has 3 nitrogen and oxygen atoms in total. The van der Waals surface area contributed by atoms with E-state index in [1.165, 1.54) is 6.08 Å². The third-order valence-corrected chi connectivity index (χ3v) is 3.82. The van der Waals surface area contributed by atoms with Gasteiger partial charge in [0.2, 0.25) is 5.90 Å². The fraction of sp³-hybridized carbons (Fsp3) is 0. The first-order chi connectivity index (χ1) is 10.9. The molecule has 7 heteroatoms. The fourth-order valence-electron chi connectivity index (χ4n) is 1.97. The number of rotatable bonds is 2. The Hall–Kier alpha value is -2.05. The van der Waals surface area contributed by atoms with Gasteiger partial charge in [-0.3, -0.25) is 0 Å². The fourth-order valence-corrected chi connectivity index (χ4v) is 2.61. The summed E-state index contributed by atoms with van der Waals surface area (Å²) in [6.45, 7) is 0. The van der Waals surface area contributed by atoms with Gasteiger partial charge in [0, 0.05) is 4.47 Å². The Labute approximate surface area is 143 Å². The van der Waals surface area contributed by atoms with Crippen molar-refractivity contribution in [3.05, 3.63) is 74.4 Å². The SMILES string of the molecule is O=C1OC(c2cc(F)c(F)cc2Cl)=N/C1=C/c1cccc(Br)c1. The summed E-state index contributed by atoms with van der Waals surface area (Å²) in [7, 11) is 0. The Morgan fingerprint density at radius 3 is 2.65 bits per heavy atom. The molecule has 0 amide bonds. The smallest absolute Gasteiger partial charge is 0.363 e. The van der Waals surface area contributed by atoms with Crippen LogP contribution in [0.25, 0.3) is 6.08 Å². The maximum absolute atomic E-state index is 13.3. The van der Waals surface area contributed by atoms with Crippen LogP contribution >= 0.6 is 27.5 Å². The summed E-state index contributed by atoms with van der Waals surface area (Å²) in [5.41, 5.74) is 0.781. The van der Waals surface area contributed by atoms with Gasteiger partial charge in [-0.1, -0.05) is 39.7 Å². The standard InChI is InChI=1S/C16H7BrClF2NO2/c17-9-3-1-2-8(4-9)5-14-16(22)23-15(21-14)10-6-12(19)13(20)7-11(10)18/h1-7H/b14-5+. The van der Waals surface area contributed by atoms with Gasteiger partial charge >= 0.3 is 5.97 Å². The van der Waals surface area contributed by atoms with Gasteiger partial charge in [0.1, 0.15) is 0 Å². The van der Waals surface area contributed by atoms with Gasteiger partial charge in [-0.25, -0.2) is 18.6 Å². The first kappa shape index (κ1) is 15.8. The summed E-state index contributed by atoms with van der Waals surface area (Å²) in [5, 5.41) is -0.0980. The van der Waals surface area contributed by atoms with Crippen molar-refractivity contribution in [2.75, 3.05) is 0 Å². The average molecular weight is 399 g/mol. The van der Waals surface area contributed by atoms with Gasteiger partial charge < -0.3 is 4.74 Å². The van der Waals surface area contributed by atoms with E-state index in [1.807, 2.05) is 6.07 Å². The number of benzene rings is 2. The van der Waals surface area contributed by atoms with Gasteiger partial charge in [0.25, 0.3) is 0 Å². The van der Waals surface area contributed by atoms with Crippen molar-refractivity contribution in [1.29, 1.82) is 0 Å². The van der Waals surface area contributed by atoms with Crippen LogP contribution in [0.2, 0.25) is 5.02 Å². The Morgan fingerprint density at radius 2 is 1.91 bits per heavy atom. The normalized spacial score (nSPS) is 15.7. The molecule has 0 N–H and O–H groups in total. The number of carbonyl (C=O) groups excluding carboxylic acids is 1. The van der Waals surface area contributed by atoms with Crippen molar-refractivity contribution in [2.45, 2.75) is 0 Å². The van der Waals surface area contributed by atoms with E-state index in [4.69, 9.17) is 16.3 Å². The number of halogens is 4. The molecule has 23 heavy (non-hydrogen) atoms. The van der Waals surface area contributed by atoms with Crippen LogP contribution in [0.3, 0.4) is 0 Å². The molecule has 2 aromatic rings. The minimum Gasteiger partial charge on any atom is -0.402 e. The highest BCUT2D eigenvalue weighted by molar-refractivity contribution is 9.10. The van der Waals surface area contributed by atoms with E-state index in [-0.39, 0.29) is 22.2 Å². The number of ether oxygens (including phenoxy) is 1. The lowest BCUT2D eigenvalue weighted by atomic mass is 10.2. The number of hydrogen-bond acceptors (Lipinski definition) is 3. The molecule has 0 unspecified atom stereocenters. The van der Waals surface area contributed by atoms with Gasteiger partial charge in [0.15, 0.2) is 17.3 Å². The Bertz CT molecular complexity index is 880. The topological polar surface area (TPSA) is 38.7 Å². The third-order valence-electron chi connectivity index (χ3n) is 3.01. The Kier molecular flexibility index (Phi) is 4.28. The van der Waals surface area contributed by atoms with Crippen molar-refractivity contribution in [1.82, 2.24) is 0 Å². The van der Waals surface area contributed by atoms with E-state index in [9.17, 15) is 13.6 Å². The molecule has 2 aromatic carbocycles. The molecule has 1 aliphatic heterocycles. The lowest BCUT2D eigenvalue weighted by Gasteiger charge is -2.03. The minimum absolute atomic E-state index is 0.0107. The Morgan fingerprint density at radius 1 is 1.17 bits per heavy atom. The molecule has 0 aromatic heterocycles. The van der Waals surface area contributed by atoms with E-state index in [1.54, 1.807) is 18.2 Å². The van der Waals surface area contributed by atoms with E-state index in [2.05, 4.69) is 20.9 Å². The van der Waals surface area contributed by atoms with Crippen LogP contribution in [0.4, 0.5) is 8.78 Å². The number of nitrogens with zero attached hydrogens (tertiary/aromatic N) is 1. The maximum Gasteiger partial charge on any atom is 0.363 e. The molecule has 0 radical (unpaired) electrons. The summed E-state index contributed by atoms with van der Waals surface area (Å²) >= 11 is 9.18. The summed E-state index contributed by atoms with van der Waals surface area (Å²) in [5.74, 6) is -3.05. The Balaban J connectivity index is 2.00. The van der Waals surface area contributed by atoms with E-state index < -0.39 is 17.6 Å². The zero-order valence-corrected chi connectivity index (χ0v) is 13.7. The molecule has 0 spiro atoms. The van der Waals surface area contributed by atoms with Crippen molar-refractivity contribution in [3.63, 3.8) is 0 Å². The van der Waals surface area contributed by atoms with Crippen LogP contribution < -0.4 is 0 Å². The number of aliphatic imine (C=N–C) groups is 1. The summed E-state index contributed by atoms with van der Waals surface area (Å²) in [6.07, 6.45) is 1.52. The largest absolute Gasteiger partial charge is 0.402 e. The number of esters is 1. The third kappa shape index (κ3) is 3.33. The minimum atomic E-state index is -1.10. The van der Waals surface area contributed by atoms with Gasteiger partial charge in [-0.05, 0) is 35.9 Å². The first-order valence-corrected chi connectivity index (χ1v) is 7.54. The highest BCUT2D eigenvalue weighted by atomic mass is 79.9. The molecule has 0 saturated carbocycles. The second kappa shape index (κ2) is 6.22. The lowest BCUT2D eigenvalue weighted by Crippen LogP contribution is -2.07. The zero-order valence-electron chi connectivity index (χ0n) is 11.3. The number of cyclic esters (lactones) is 1. The van der Waals surface area contributed by atoms with E-state index >= 15 is 0 Å². The second-order valence-electron chi connectivity index (χ2n) is 4.64. The predicted molar refractivity (Wildman–Crippen MR) is 86.1 cm³/mol. The van der Waals surface area contributed by atoms with Crippen LogP contribution in [-0.2, 0) is 9.53 Å². The molecule has 0 aliphatic carbocycles. The molecule has 1 aliphatic rings. The quantitative estimate of drug-likeness (QED) is 0.417. The van der Waals surface area contributed by atoms with Crippen molar-refractivity contribution in [2.24, 2.45) is 4.99 Å². The van der Waals surface area contributed by atoms with Gasteiger partial charge in [-0.15, -0.1) is 0 Å². The zero-order chi connectivity index (χ0) is 16.6. The molecule has 0 bridgehead atoms. The van der Waals surface area contributed by atoms with Crippen molar-refractivity contribution < 1.29 is 18.3 Å². The van der Waals surface area contributed by atoms with Crippen LogP contribution in [-0.4, -0.2) is 11.9 Å². The molecule has 3 rings (SSSR count). The van der Waals surface area contributed by atoms with E-state index in [0.29, 0.717) is 0 Å². The summed E-state index contributed by atoms with van der Waals surface area (Å²) in [6, 6.07) is 8.85. The van der Waals surface area contributed by atoms with Crippen LogP contribution in [0.1, 0.15) is 11.1 Å². The van der Waals surface area contributed by atoms with Crippen LogP contribution in [0, 0.1) is 11.6 Å². The highest BCUT2D eigenvalue weighted by Crippen LogP contribution is 2.26. The van der Waals surface area contributed by atoms with Gasteiger partial charge in [0.05, 0.1) is 10.6 Å². The number of carbonyl (C=O) groups is 1. The van der Waals surface area contributed by atoms with E-state index in [0.717, 1.165) is 22.2 Å². The molecule has 0 fully saturated rings. The van der Waals surface area contributed by atoms with Crippen LogP contribution in [0.5, 0.6) is 0 Å². The molecular formula is C16H7BrClF2NO2.